The minimum Gasteiger partial charge on any atom is -0.0991 e. The van der Waals surface area contributed by atoms with E-state index in [-0.39, 0.29) is 0 Å². The van der Waals surface area contributed by atoms with Crippen LogP contribution in [0.2, 0.25) is 0 Å². The molecule has 2 saturated carbocycles. The molecule has 2 aliphatic carbocycles. The zero-order chi connectivity index (χ0) is 16.3. The SMILES string of the molecule is C=CC=CCCC1CCC(C2CCC(CCC=CC)CC2)CC1. The Labute approximate surface area is 145 Å². The summed E-state index contributed by atoms with van der Waals surface area (Å²) in [4.78, 5) is 0. The van der Waals surface area contributed by atoms with Crippen LogP contribution in [0.5, 0.6) is 0 Å². The van der Waals surface area contributed by atoms with Crippen molar-refractivity contribution in [3.63, 3.8) is 0 Å². The Balaban J connectivity index is 1.61. The highest BCUT2D eigenvalue weighted by Crippen LogP contribution is 2.42. The maximum Gasteiger partial charge on any atom is -0.0345 e. The molecule has 0 bridgehead atoms. The van der Waals surface area contributed by atoms with Crippen molar-refractivity contribution in [2.45, 2.75) is 84.0 Å². The van der Waals surface area contributed by atoms with E-state index in [0.717, 1.165) is 23.7 Å². The van der Waals surface area contributed by atoms with E-state index in [2.05, 4.69) is 37.8 Å². The molecule has 2 rings (SSSR count). The van der Waals surface area contributed by atoms with Gasteiger partial charge in [0.25, 0.3) is 0 Å². The second-order valence-electron chi connectivity index (χ2n) is 7.95. The summed E-state index contributed by atoms with van der Waals surface area (Å²) in [6.45, 7) is 5.88. The zero-order valence-corrected chi connectivity index (χ0v) is 15.4. The van der Waals surface area contributed by atoms with Crippen LogP contribution in [0.4, 0.5) is 0 Å². The third-order valence-corrected chi connectivity index (χ3v) is 6.44. The highest BCUT2D eigenvalue weighted by molar-refractivity contribution is 4.97. The summed E-state index contributed by atoms with van der Waals surface area (Å²) >= 11 is 0. The number of hydrogen-bond acceptors (Lipinski definition) is 0. The molecular formula is C23H38. The molecule has 0 saturated heterocycles. The lowest BCUT2D eigenvalue weighted by atomic mass is 9.68. The van der Waals surface area contributed by atoms with Gasteiger partial charge in [-0.2, -0.15) is 0 Å². The molecule has 0 amide bonds. The number of rotatable bonds is 8. The smallest absolute Gasteiger partial charge is 0.0345 e. The van der Waals surface area contributed by atoms with E-state index < -0.39 is 0 Å². The lowest BCUT2D eigenvalue weighted by Crippen LogP contribution is -2.25. The monoisotopic (exact) mass is 314 g/mol. The number of allylic oxidation sites excluding steroid dienone is 5. The van der Waals surface area contributed by atoms with Crippen LogP contribution in [0.1, 0.15) is 84.0 Å². The van der Waals surface area contributed by atoms with E-state index >= 15 is 0 Å². The van der Waals surface area contributed by atoms with E-state index in [1.165, 1.54) is 77.0 Å². The first-order valence-corrected chi connectivity index (χ1v) is 10.2. The summed E-state index contributed by atoms with van der Waals surface area (Å²) in [7, 11) is 0. The van der Waals surface area contributed by atoms with E-state index in [0.29, 0.717) is 0 Å². The van der Waals surface area contributed by atoms with E-state index in [4.69, 9.17) is 0 Å². The Kier molecular flexibility index (Phi) is 8.79. The predicted molar refractivity (Wildman–Crippen MR) is 104 cm³/mol. The fraction of sp³-hybridized carbons (Fsp3) is 0.739. The maximum atomic E-state index is 3.74. The van der Waals surface area contributed by atoms with Crippen LogP contribution in [-0.2, 0) is 0 Å². The quantitative estimate of drug-likeness (QED) is 0.322. The summed E-state index contributed by atoms with van der Waals surface area (Å²) in [5, 5.41) is 0. The molecule has 0 radical (unpaired) electrons. The van der Waals surface area contributed by atoms with Gasteiger partial charge in [0.2, 0.25) is 0 Å². The van der Waals surface area contributed by atoms with Crippen molar-refractivity contribution in [1.82, 2.24) is 0 Å². The van der Waals surface area contributed by atoms with Crippen LogP contribution in [0, 0.1) is 23.7 Å². The average molecular weight is 315 g/mol. The minimum absolute atomic E-state index is 0.998. The third-order valence-electron chi connectivity index (χ3n) is 6.44. The lowest BCUT2D eigenvalue weighted by molar-refractivity contribution is 0.142. The normalized spacial score (nSPS) is 32.6. The number of hydrogen-bond donors (Lipinski definition) is 0. The Hall–Kier alpha value is -0.780. The first-order valence-electron chi connectivity index (χ1n) is 10.2. The summed E-state index contributed by atoms with van der Waals surface area (Å²) in [5.74, 6) is 4.15. The zero-order valence-electron chi connectivity index (χ0n) is 15.4. The highest BCUT2D eigenvalue weighted by atomic mass is 14.4. The van der Waals surface area contributed by atoms with E-state index in [9.17, 15) is 0 Å². The summed E-state index contributed by atoms with van der Waals surface area (Å²) in [6, 6.07) is 0. The van der Waals surface area contributed by atoms with E-state index in [1.807, 2.05) is 6.08 Å². The molecule has 0 heteroatoms. The van der Waals surface area contributed by atoms with Gasteiger partial charge in [-0.3, -0.25) is 0 Å². The van der Waals surface area contributed by atoms with Crippen LogP contribution in [-0.4, -0.2) is 0 Å². The van der Waals surface area contributed by atoms with Crippen molar-refractivity contribution in [1.29, 1.82) is 0 Å². The van der Waals surface area contributed by atoms with Gasteiger partial charge >= 0.3 is 0 Å². The Morgan fingerprint density at radius 2 is 1.22 bits per heavy atom. The van der Waals surface area contributed by atoms with Crippen LogP contribution >= 0.6 is 0 Å². The molecule has 2 aliphatic rings. The van der Waals surface area contributed by atoms with Crippen LogP contribution in [0.15, 0.2) is 37.0 Å². The van der Waals surface area contributed by atoms with Gasteiger partial charge < -0.3 is 0 Å². The summed E-state index contributed by atoms with van der Waals surface area (Å²) in [5.41, 5.74) is 0. The molecule has 0 spiro atoms. The maximum absolute atomic E-state index is 3.74. The minimum atomic E-state index is 0.998. The first-order chi connectivity index (χ1) is 11.3. The molecular weight excluding hydrogens is 276 g/mol. The van der Waals surface area contributed by atoms with Gasteiger partial charge in [0, 0.05) is 0 Å². The summed E-state index contributed by atoms with van der Waals surface area (Å²) in [6.07, 6.45) is 28.3. The Morgan fingerprint density at radius 3 is 1.65 bits per heavy atom. The van der Waals surface area contributed by atoms with Gasteiger partial charge in [-0.1, -0.05) is 62.6 Å². The second kappa shape index (κ2) is 10.9. The molecule has 0 atom stereocenters. The largest absolute Gasteiger partial charge is 0.0991 e. The van der Waals surface area contributed by atoms with E-state index in [1.54, 1.807) is 0 Å². The van der Waals surface area contributed by atoms with Crippen LogP contribution in [0.25, 0.3) is 0 Å². The van der Waals surface area contributed by atoms with Crippen LogP contribution in [0.3, 0.4) is 0 Å². The third kappa shape index (κ3) is 6.69. The van der Waals surface area contributed by atoms with Crippen molar-refractivity contribution in [3.8, 4) is 0 Å². The van der Waals surface area contributed by atoms with Crippen molar-refractivity contribution in [2.24, 2.45) is 23.7 Å². The second-order valence-corrected chi connectivity index (χ2v) is 7.95. The van der Waals surface area contributed by atoms with Crippen molar-refractivity contribution in [2.75, 3.05) is 0 Å². The van der Waals surface area contributed by atoms with Crippen molar-refractivity contribution >= 4 is 0 Å². The topological polar surface area (TPSA) is 0 Å². The van der Waals surface area contributed by atoms with Gasteiger partial charge in [0.1, 0.15) is 0 Å². The fourth-order valence-corrected chi connectivity index (χ4v) is 4.92. The van der Waals surface area contributed by atoms with Crippen molar-refractivity contribution < 1.29 is 0 Å². The van der Waals surface area contributed by atoms with Gasteiger partial charge in [-0.15, -0.1) is 0 Å². The molecule has 0 aromatic rings. The molecule has 0 aromatic heterocycles. The molecule has 0 N–H and O–H groups in total. The molecule has 23 heavy (non-hydrogen) atoms. The standard InChI is InChI=1S/C23H38/c1-3-5-7-9-11-21-14-18-23(19-15-21)22-16-12-20(13-17-22)10-8-6-4-2/h3-7,20-23H,1,8-19H2,2H3. The molecule has 0 nitrogen and oxygen atoms in total. The molecule has 0 heterocycles. The fourth-order valence-electron chi connectivity index (χ4n) is 4.92. The van der Waals surface area contributed by atoms with Gasteiger partial charge in [-0.05, 0) is 82.0 Å². The lowest BCUT2D eigenvalue weighted by Gasteiger charge is -2.38. The van der Waals surface area contributed by atoms with Crippen LogP contribution < -0.4 is 0 Å². The summed E-state index contributed by atoms with van der Waals surface area (Å²) < 4.78 is 0. The van der Waals surface area contributed by atoms with Gasteiger partial charge in [-0.25, -0.2) is 0 Å². The average Bonchev–Trinajstić information content (AvgIpc) is 2.60. The molecule has 0 unspecified atom stereocenters. The van der Waals surface area contributed by atoms with Gasteiger partial charge in [0.05, 0.1) is 0 Å². The van der Waals surface area contributed by atoms with Crippen molar-refractivity contribution in [3.05, 3.63) is 37.0 Å². The molecule has 130 valence electrons. The Morgan fingerprint density at radius 1 is 0.739 bits per heavy atom. The first kappa shape index (κ1) is 18.6. The molecule has 2 fully saturated rings. The Bertz CT molecular complexity index is 359. The predicted octanol–water partition coefficient (Wildman–Crippen LogP) is 7.48. The molecule has 0 aliphatic heterocycles. The molecule has 0 aromatic carbocycles. The van der Waals surface area contributed by atoms with Gasteiger partial charge in [0.15, 0.2) is 0 Å². The highest BCUT2D eigenvalue weighted by Gasteiger charge is 2.30.